The molecule has 4 aromatic heterocycles. The Morgan fingerprint density at radius 1 is 0.922 bits per heavy atom. The van der Waals surface area contributed by atoms with Gasteiger partial charge in [0.1, 0.15) is 46.9 Å². The number of carbonyl (C=O) groups excluding carboxylic acids is 3. The van der Waals surface area contributed by atoms with Gasteiger partial charge in [0.25, 0.3) is 0 Å². The van der Waals surface area contributed by atoms with Gasteiger partial charge in [0.15, 0.2) is 24.2 Å². The van der Waals surface area contributed by atoms with Gasteiger partial charge < -0.3 is 48.6 Å². The number of ether oxygens (including phenoxy) is 4. The number of piperazine rings is 2. The third-order valence-electron chi connectivity index (χ3n) is 18.5. The zero-order valence-corrected chi connectivity index (χ0v) is 54.0. The molecule has 7 atom stereocenters. The van der Waals surface area contributed by atoms with E-state index in [1.54, 1.807) is 24.6 Å². The number of β-amino-alcohol motifs (C(OH)–C–C–N with tert-alkyl or cyclic N) is 1. The maximum absolute atomic E-state index is 17.8. The zero-order valence-electron chi connectivity index (χ0n) is 53.1. The largest absolute Gasteiger partial charge is 0.468 e. The summed E-state index contributed by atoms with van der Waals surface area (Å²) >= 11 is 1.59. The number of aliphatic hydroxyl groups excluding tert-OH is 1. The highest BCUT2D eigenvalue weighted by Crippen LogP contribution is 2.42. The van der Waals surface area contributed by atoms with Crippen molar-refractivity contribution < 1.29 is 47.4 Å². The van der Waals surface area contributed by atoms with E-state index < -0.39 is 29.5 Å². The summed E-state index contributed by atoms with van der Waals surface area (Å²) in [5, 5.41) is 20.6. The number of pyridine rings is 1. The number of fused-ring (bicyclic) bond motifs is 4. The molecule has 4 unspecified atom stereocenters. The summed E-state index contributed by atoms with van der Waals surface area (Å²) < 4.78 is 47.5. The molecule has 3 aromatic carbocycles. The van der Waals surface area contributed by atoms with Gasteiger partial charge in [-0.15, -0.1) is 11.3 Å². The Balaban J connectivity index is 0.716. The minimum absolute atomic E-state index is 0.0159. The summed E-state index contributed by atoms with van der Waals surface area (Å²) in [5.41, 5.74) is 5.95. The van der Waals surface area contributed by atoms with Crippen LogP contribution in [0.15, 0.2) is 76.9 Å². The van der Waals surface area contributed by atoms with Crippen molar-refractivity contribution in [2.75, 3.05) is 96.3 Å². The molecule has 12 rings (SSSR count). The van der Waals surface area contributed by atoms with E-state index in [9.17, 15) is 19.5 Å². The van der Waals surface area contributed by atoms with E-state index in [0.29, 0.717) is 59.5 Å². The third-order valence-corrected chi connectivity index (χ3v) is 19.5. The van der Waals surface area contributed by atoms with Crippen LogP contribution in [-0.4, -0.2) is 190 Å². The highest BCUT2D eigenvalue weighted by molar-refractivity contribution is 7.13. The molecule has 90 heavy (non-hydrogen) atoms. The Kier molecular flexibility index (Phi) is 18.1. The summed E-state index contributed by atoms with van der Waals surface area (Å²) in [5.74, 6) is 0.316. The summed E-state index contributed by atoms with van der Waals surface area (Å²) in [6.07, 6.45) is 2.93. The number of amides is 3. The fourth-order valence-electron chi connectivity index (χ4n) is 13.8. The van der Waals surface area contributed by atoms with Crippen molar-refractivity contribution in [3.8, 4) is 33.5 Å². The van der Waals surface area contributed by atoms with Gasteiger partial charge in [-0.25, -0.2) is 14.2 Å². The number of hydrogen-bond donors (Lipinski definition) is 2. The number of likely N-dealkylation sites (N-methyl/N-ethyl adjacent to an activating group) is 1. The van der Waals surface area contributed by atoms with E-state index >= 15 is 4.39 Å². The molecule has 0 saturated carbocycles. The average molecular weight is 1250 g/mol. The van der Waals surface area contributed by atoms with Crippen LogP contribution in [0, 0.1) is 24.6 Å². The lowest BCUT2D eigenvalue weighted by Crippen LogP contribution is -2.58. The highest BCUT2D eigenvalue weighted by Gasteiger charge is 2.47. The number of aliphatic hydroxyl groups is 1. The van der Waals surface area contributed by atoms with Crippen LogP contribution in [0.3, 0.4) is 0 Å². The quantitative estimate of drug-likeness (QED) is 0.0721. The highest BCUT2D eigenvalue weighted by atomic mass is 32.1. The number of aromatic nitrogens is 5. The third kappa shape index (κ3) is 12.9. The first-order valence-corrected chi connectivity index (χ1v) is 32.5. The van der Waals surface area contributed by atoms with Gasteiger partial charge >= 0.3 is 12.1 Å². The predicted octanol–water partition coefficient (Wildman–Crippen LogP) is 9.25. The van der Waals surface area contributed by atoms with Crippen molar-refractivity contribution in [1.82, 2.24) is 50.0 Å². The molecule has 3 amide bonds. The minimum Gasteiger partial charge on any atom is -0.468 e. The van der Waals surface area contributed by atoms with Crippen molar-refractivity contribution in [3.05, 3.63) is 101 Å². The van der Waals surface area contributed by atoms with E-state index in [1.165, 1.54) is 4.90 Å². The normalized spacial score (nSPS) is 21.5. The SMILES string of the molecule is CCc1cccc2cc(OCOC)cc(-c3ncc4c(N5CC6CCC(C5)N6C(=O)OC(C)(C)C)nc(OC[C@@H]5CN(CC6CN(c7cc(C(C(=O)N8C[C@H](O)C[C@H]8C(=O)NC(C)c8ccc(-c9scnc9C)cc8)C(C)C)on7)C6)CCN5C)nc4c3F)c12. The second-order valence-corrected chi connectivity index (χ2v) is 27.2. The van der Waals surface area contributed by atoms with Crippen molar-refractivity contribution in [2.24, 2.45) is 11.8 Å². The first kappa shape index (κ1) is 62.6. The van der Waals surface area contributed by atoms with E-state index in [1.807, 2.05) is 120 Å². The van der Waals surface area contributed by atoms with Crippen LogP contribution < -0.4 is 24.6 Å². The van der Waals surface area contributed by atoms with Crippen molar-refractivity contribution in [1.29, 1.82) is 0 Å². The lowest BCUT2D eigenvalue weighted by Gasteiger charge is -2.45. The van der Waals surface area contributed by atoms with Crippen LogP contribution in [-0.2, 0) is 25.5 Å². The van der Waals surface area contributed by atoms with E-state index in [2.05, 4.69) is 49.0 Å². The molecule has 0 aliphatic carbocycles. The second kappa shape index (κ2) is 26.0. The van der Waals surface area contributed by atoms with Crippen LogP contribution in [0.4, 0.5) is 20.8 Å². The number of methoxy groups -OCH3 is 1. The zero-order chi connectivity index (χ0) is 63.3. The monoisotopic (exact) mass is 1250 g/mol. The molecule has 5 fully saturated rings. The first-order valence-electron chi connectivity index (χ1n) is 31.6. The fraction of sp³-hybridized carbons (Fsp3) is 0.522. The molecule has 5 aliphatic rings. The summed E-state index contributed by atoms with van der Waals surface area (Å²) in [6, 6.07) is 18.2. The number of rotatable bonds is 19. The van der Waals surface area contributed by atoms with Crippen LogP contribution in [0.2, 0.25) is 0 Å². The molecular formula is C67H83FN12O9S. The lowest BCUT2D eigenvalue weighted by atomic mass is 9.91. The van der Waals surface area contributed by atoms with Gasteiger partial charge in [0.05, 0.1) is 51.7 Å². The molecule has 7 aromatic rings. The minimum atomic E-state index is -0.847. The molecule has 0 radical (unpaired) electrons. The number of hydrogen-bond acceptors (Lipinski definition) is 19. The Morgan fingerprint density at radius 2 is 1.69 bits per heavy atom. The molecule has 23 heteroatoms. The number of nitrogens with zero attached hydrogens (tertiary/aromatic N) is 11. The Labute approximate surface area is 528 Å². The first-order chi connectivity index (χ1) is 43.2. The van der Waals surface area contributed by atoms with Crippen molar-refractivity contribution in [3.63, 3.8) is 0 Å². The molecule has 0 spiro atoms. The molecule has 5 saturated heterocycles. The number of likely N-dealkylation sites (tertiary alicyclic amines) is 1. The van der Waals surface area contributed by atoms with Gasteiger partial charge in [0.2, 0.25) is 11.8 Å². The van der Waals surface area contributed by atoms with E-state index in [4.69, 9.17) is 38.4 Å². The molecule has 2 bridgehead atoms. The van der Waals surface area contributed by atoms with Gasteiger partial charge in [-0.05, 0) is 106 Å². The van der Waals surface area contributed by atoms with Crippen molar-refractivity contribution >= 4 is 62.6 Å². The Hall–Kier alpha value is -7.57. The van der Waals surface area contributed by atoms with Crippen LogP contribution in [0.25, 0.3) is 43.4 Å². The Morgan fingerprint density at radius 3 is 2.39 bits per heavy atom. The second-order valence-electron chi connectivity index (χ2n) is 26.4. The summed E-state index contributed by atoms with van der Waals surface area (Å²) in [4.78, 5) is 74.7. The van der Waals surface area contributed by atoms with Gasteiger partial charge in [-0.2, -0.15) is 9.97 Å². The lowest BCUT2D eigenvalue weighted by molar-refractivity contribution is -0.141. The number of halogens is 1. The Bertz CT molecular complexity index is 3750. The molecule has 2 N–H and O–H groups in total. The van der Waals surface area contributed by atoms with Crippen LogP contribution in [0.1, 0.15) is 102 Å². The van der Waals surface area contributed by atoms with Crippen LogP contribution >= 0.6 is 11.3 Å². The molecule has 478 valence electrons. The molecule has 21 nitrogen and oxygen atoms in total. The molecule has 5 aliphatic heterocycles. The van der Waals surface area contributed by atoms with Crippen LogP contribution in [0.5, 0.6) is 11.8 Å². The maximum Gasteiger partial charge on any atom is 0.410 e. The van der Waals surface area contributed by atoms with E-state index in [0.717, 1.165) is 90.1 Å². The van der Waals surface area contributed by atoms with Crippen molar-refractivity contribution in [2.45, 2.75) is 129 Å². The molecule has 9 heterocycles. The predicted molar refractivity (Wildman–Crippen MR) is 342 cm³/mol. The number of benzene rings is 3. The molecular weight excluding hydrogens is 1170 g/mol. The summed E-state index contributed by atoms with van der Waals surface area (Å²) in [6.45, 7) is 21.4. The summed E-state index contributed by atoms with van der Waals surface area (Å²) in [7, 11) is 3.64. The number of anilines is 2. The topological polar surface area (TPSA) is 217 Å². The smallest absolute Gasteiger partial charge is 0.410 e. The number of aryl methyl sites for hydroxylation is 2. The average Bonchev–Trinajstić information content (AvgIpc) is 0.970. The fourth-order valence-corrected chi connectivity index (χ4v) is 14.6. The van der Waals surface area contributed by atoms with Gasteiger partial charge in [0, 0.05) is 96.2 Å². The standard InChI is InChI=1S/C67H83FN12O9S/c1-11-42-13-12-14-45-23-50(87-37-85-10)25-51(57(42)45)59-58(68)60-52(27-69-59)62(78-32-46-19-20-47(33-78)80(46)66(84)88-67(6,7)8)73-65(72-60)86-35-48-31-76(22-21-75(48)9)28-41-29-77(30-41)55-26-54(89-74-55)56(38(2)3)64(83)79-34-49(81)24-53(79)63(82)71-39(4)43-15-17-44(18-16-43)61-40(5)70-36-90-61/h12-18,23,25-27,36,38-39,41,46-49,53,56,81H,11,19-22,24,28-35,37H2,1-10H3,(H,71,82)/t39?,46?,47?,48-,49+,53-,56?/m0/s1. The van der Waals surface area contributed by atoms with E-state index in [-0.39, 0.29) is 91.6 Å². The number of carbonyl (C=O) groups is 3. The number of thiazole rings is 1. The number of nitrogens with one attached hydrogen (secondary N) is 1. The van der Waals surface area contributed by atoms with Gasteiger partial charge in [-0.3, -0.25) is 29.3 Å². The van der Waals surface area contributed by atoms with Gasteiger partial charge in [-0.1, -0.05) is 68.4 Å². The maximum atomic E-state index is 17.8.